The lowest BCUT2D eigenvalue weighted by Crippen LogP contribution is -2.41. The Morgan fingerprint density at radius 1 is 0.972 bits per heavy atom. The van der Waals surface area contributed by atoms with Crippen LogP contribution >= 0.6 is 0 Å². The zero-order chi connectivity index (χ0) is 25.8. The van der Waals surface area contributed by atoms with E-state index in [1.807, 2.05) is 12.1 Å². The van der Waals surface area contributed by atoms with E-state index in [0.29, 0.717) is 5.56 Å². The average Bonchev–Trinajstić information content (AvgIpc) is 2.86. The third-order valence-electron chi connectivity index (χ3n) is 5.83. The largest absolute Gasteiger partial charge is 0.383 e. The number of carbonyl (C=O) groups is 1. The third-order valence-corrected chi connectivity index (χ3v) is 5.83. The van der Waals surface area contributed by atoms with E-state index >= 15 is 0 Å². The zero-order valence-electron chi connectivity index (χ0n) is 19.4. The molecule has 10 heteroatoms. The number of nitrogens with two attached hydrogens (primary N) is 1. The van der Waals surface area contributed by atoms with Gasteiger partial charge in [0.25, 0.3) is 17.2 Å². The Bertz CT molecular complexity index is 1540. The molecule has 36 heavy (non-hydrogen) atoms. The number of aromatic nitrogens is 2. The summed E-state index contributed by atoms with van der Waals surface area (Å²) in [6.45, 7) is 1.48. The standard InChI is InChI=1S/C26H23N5O5/c1-17-20(13-8-14-21(17)31(35)36)25(33)29(15-18-9-4-2-5-10-18)22-23(27)30(26(34)28-24(22)32)16-19-11-6-3-7-12-19/h2-14H,15-16,27H2,1H3,(H,28,32,34). The molecule has 182 valence electrons. The van der Waals surface area contributed by atoms with E-state index < -0.39 is 22.1 Å². The first-order chi connectivity index (χ1) is 17.3. The summed E-state index contributed by atoms with van der Waals surface area (Å²) in [7, 11) is 0. The smallest absolute Gasteiger partial charge is 0.330 e. The normalized spacial score (nSPS) is 10.7. The molecule has 0 radical (unpaired) electrons. The first-order valence-electron chi connectivity index (χ1n) is 11.0. The number of rotatable bonds is 7. The first kappa shape index (κ1) is 24.1. The number of nitrogens with one attached hydrogen (secondary N) is 1. The SMILES string of the molecule is Cc1c(C(=O)N(Cc2ccccc2)c2c(N)n(Cc3ccccc3)c(=O)[nH]c2=O)cccc1[N+](=O)[O-]. The molecule has 0 atom stereocenters. The van der Waals surface area contributed by atoms with Crippen LogP contribution in [0.2, 0.25) is 0 Å². The van der Waals surface area contributed by atoms with Gasteiger partial charge in [0.1, 0.15) is 5.82 Å². The van der Waals surface area contributed by atoms with Crippen LogP contribution in [0, 0.1) is 17.0 Å². The van der Waals surface area contributed by atoms with Crippen molar-refractivity contribution in [2.45, 2.75) is 20.0 Å². The van der Waals surface area contributed by atoms with Crippen LogP contribution in [0.15, 0.2) is 88.5 Å². The quantitative estimate of drug-likeness (QED) is 0.304. The van der Waals surface area contributed by atoms with Crippen molar-refractivity contribution in [3.63, 3.8) is 0 Å². The maximum Gasteiger partial charge on any atom is 0.330 e. The van der Waals surface area contributed by atoms with Gasteiger partial charge in [0, 0.05) is 17.2 Å². The Balaban J connectivity index is 1.89. The molecule has 0 aliphatic rings. The lowest BCUT2D eigenvalue weighted by atomic mass is 10.0. The topological polar surface area (TPSA) is 144 Å². The summed E-state index contributed by atoms with van der Waals surface area (Å²) >= 11 is 0. The molecule has 0 aliphatic carbocycles. The molecule has 1 heterocycles. The molecule has 1 amide bonds. The van der Waals surface area contributed by atoms with E-state index in [9.17, 15) is 24.5 Å². The predicted molar refractivity (Wildman–Crippen MR) is 136 cm³/mol. The molecule has 10 nitrogen and oxygen atoms in total. The van der Waals surface area contributed by atoms with Crippen molar-refractivity contribution in [1.82, 2.24) is 9.55 Å². The molecule has 0 unspecified atom stereocenters. The summed E-state index contributed by atoms with van der Waals surface area (Å²) < 4.78 is 1.18. The Morgan fingerprint density at radius 3 is 2.19 bits per heavy atom. The van der Waals surface area contributed by atoms with Gasteiger partial charge in [-0.2, -0.15) is 0 Å². The van der Waals surface area contributed by atoms with Crippen molar-refractivity contribution in [1.29, 1.82) is 0 Å². The molecular formula is C26H23N5O5. The van der Waals surface area contributed by atoms with Gasteiger partial charge in [-0.05, 0) is 24.1 Å². The molecule has 3 N–H and O–H groups in total. The van der Waals surface area contributed by atoms with Gasteiger partial charge in [-0.15, -0.1) is 0 Å². The highest BCUT2D eigenvalue weighted by molar-refractivity contribution is 6.08. The maximum absolute atomic E-state index is 13.8. The van der Waals surface area contributed by atoms with Crippen molar-refractivity contribution in [2.75, 3.05) is 10.6 Å². The van der Waals surface area contributed by atoms with Gasteiger partial charge in [0.2, 0.25) is 0 Å². The zero-order valence-corrected chi connectivity index (χ0v) is 19.4. The highest BCUT2D eigenvalue weighted by Gasteiger charge is 2.28. The molecule has 0 aliphatic heterocycles. The van der Waals surface area contributed by atoms with E-state index in [-0.39, 0.29) is 41.4 Å². The molecule has 0 saturated carbocycles. The van der Waals surface area contributed by atoms with E-state index in [4.69, 9.17) is 5.73 Å². The van der Waals surface area contributed by atoms with Crippen molar-refractivity contribution < 1.29 is 9.72 Å². The molecule has 4 rings (SSSR count). The number of nitro benzene ring substituents is 1. The number of benzene rings is 3. The third kappa shape index (κ3) is 4.78. The second-order valence-electron chi connectivity index (χ2n) is 8.15. The summed E-state index contributed by atoms with van der Waals surface area (Å²) in [6, 6.07) is 22.1. The minimum atomic E-state index is -0.839. The molecule has 0 saturated heterocycles. The van der Waals surface area contributed by atoms with Crippen molar-refractivity contribution in [3.8, 4) is 0 Å². The minimum Gasteiger partial charge on any atom is -0.383 e. The minimum absolute atomic E-state index is 0.0414. The van der Waals surface area contributed by atoms with Gasteiger partial charge in [0.15, 0.2) is 5.69 Å². The van der Waals surface area contributed by atoms with Gasteiger partial charge in [-0.3, -0.25) is 34.2 Å². The summed E-state index contributed by atoms with van der Waals surface area (Å²) in [4.78, 5) is 53.8. The van der Waals surface area contributed by atoms with Gasteiger partial charge in [-0.25, -0.2) is 4.79 Å². The fourth-order valence-corrected chi connectivity index (χ4v) is 3.98. The lowest BCUT2D eigenvalue weighted by Gasteiger charge is -2.25. The number of aromatic amines is 1. The predicted octanol–water partition coefficient (Wildman–Crippen LogP) is 3.23. The highest BCUT2D eigenvalue weighted by Crippen LogP contribution is 2.27. The van der Waals surface area contributed by atoms with Crippen LogP contribution in [0.3, 0.4) is 0 Å². The van der Waals surface area contributed by atoms with Crippen LogP contribution in [-0.4, -0.2) is 20.4 Å². The van der Waals surface area contributed by atoms with Crippen molar-refractivity contribution in [2.24, 2.45) is 0 Å². The van der Waals surface area contributed by atoms with E-state index in [2.05, 4.69) is 4.98 Å². The number of carbonyl (C=O) groups excluding carboxylic acids is 1. The van der Waals surface area contributed by atoms with Crippen molar-refractivity contribution >= 4 is 23.1 Å². The number of anilines is 2. The van der Waals surface area contributed by atoms with E-state index in [1.54, 1.807) is 48.5 Å². The van der Waals surface area contributed by atoms with Gasteiger partial charge in [0.05, 0.1) is 18.0 Å². The second kappa shape index (κ2) is 10.1. The van der Waals surface area contributed by atoms with Crippen LogP contribution in [0.5, 0.6) is 0 Å². The van der Waals surface area contributed by atoms with Crippen molar-refractivity contribution in [3.05, 3.63) is 132 Å². The van der Waals surface area contributed by atoms with Crippen LogP contribution in [-0.2, 0) is 13.1 Å². The summed E-state index contributed by atoms with van der Waals surface area (Å²) in [5.41, 5.74) is 6.00. The number of nitrogens with zero attached hydrogens (tertiary/aromatic N) is 3. The van der Waals surface area contributed by atoms with Gasteiger partial charge >= 0.3 is 5.69 Å². The van der Waals surface area contributed by atoms with Crippen LogP contribution in [0.4, 0.5) is 17.2 Å². The molecule has 1 aromatic heterocycles. The summed E-state index contributed by atoms with van der Waals surface area (Å²) in [6.07, 6.45) is 0. The first-order valence-corrected chi connectivity index (χ1v) is 11.0. The Labute approximate surface area is 205 Å². The van der Waals surface area contributed by atoms with Crippen LogP contribution in [0.1, 0.15) is 27.0 Å². The molecular weight excluding hydrogens is 462 g/mol. The highest BCUT2D eigenvalue weighted by atomic mass is 16.6. The van der Waals surface area contributed by atoms with Crippen LogP contribution in [0.25, 0.3) is 0 Å². The molecule has 0 fully saturated rings. The van der Waals surface area contributed by atoms with E-state index in [0.717, 1.165) is 10.5 Å². The Hall–Kier alpha value is -4.99. The van der Waals surface area contributed by atoms with Gasteiger partial charge < -0.3 is 5.73 Å². The molecule has 4 aromatic rings. The van der Waals surface area contributed by atoms with Gasteiger partial charge in [-0.1, -0.05) is 66.7 Å². The number of amides is 1. The number of hydrogen-bond donors (Lipinski definition) is 2. The Kier molecular flexibility index (Phi) is 6.77. The number of H-pyrrole nitrogens is 1. The Morgan fingerprint density at radius 2 is 1.58 bits per heavy atom. The number of nitrogen functional groups attached to an aromatic ring is 1. The fraction of sp³-hybridized carbons (Fsp3) is 0.115. The van der Waals surface area contributed by atoms with E-state index in [1.165, 1.54) is 29.7 Å². The number of nitro groups is 1. The van der Waals surface area contributed by atoms with Crippen LogP contribution < -0.4 is 21.9 Å². The maximum atomic E-state index is 13.8. The fourth-order valence-electron chi connectivity index (χ4n) is 3.98. The monoisotopic (exact) mass is 485 g/mol. The molecule has 0 bridgehead atoms. The second-order valence-corrected chi connectivity index (χ2v) is 8.15. The summed E-state index contributed by atoms with van der Waals surface area (Å²) in [5, 5.41) is 11.5. The average molecular weight is 486 g/mol. The molecule has 0 spiro atoms. The summed E-state index contributed by atoms with van der Waals surface area (Å²) in [5.74, 6) is -0.859. The molecule has 3 aromatic carbocycles. The number of hydrogen-bond acceptors (Lipinski definition) is 6. The lowest BCUT2D eigenvalue weighted by molar-refractivity contribution is -0.385.